The molecule has 22 heavy (non-hydrogen) atoms. The van der Waals surface area contributed by atoms with Crippen molar-refractivity contribution in [3.8, 4) is 0 Å². The Labute approximate surface area is 129 Å². The van der Waals surface area contributed by atoms with Crippen LogP contribution in [0.15, 0.2) is 60.7 Å². The van der Waals surface area contributed by atoms with Gasteiger partial charge in [-0.05, 0) is 11.1 Å². The van der Waals surface area contributed by atoms with E-state index >= 15 is 0 Å². The first-order valence-corrected chi connectivity index (χ1v) is 7.20. The Kier molecular flexibility index (Phi) is 3.77. The average Bonchev–Trinajstić information content (AvgIpc) is 2.57. The molecule has 112 valence electrons. The van der Waals surface area contributed by atoms with Gasteiger partial charge < -0.3 is 5.11 Å². The van der Waals surface area contributed by atoms with Gasteiger partial charge in [-0.2, -0.15) is 0 Å². The molecule has 3 atom stereocenters. The zero-order valence-electron chi connectivity index (χ0n) is 12.2. The van der Waals surface area contributed by atoms with Gasteiger partial charge in [0.15, 0.2) is 0 Å². The van der Waals surface area contributed by atoms with Crippen LogP contribution in [0, 0.1) is 0 Å². The molecule has 3 rings (SSSR count). The van der Waals surface area contributed by atoms with Gasteiger partial charge in [0.05, 0.1) is 5.92 Å². The van der Waals surface area contributed by atoms with Gasteiger partial charge in [0.1, 0.15) is 6.10 Å². The van der Waals surface area contributed by atoms with E-state index in [1.54, 1.807) is 0 Å². The Morgan fingerprint density at radius 2 is 1.32 bits per heavy atom. The van der Waals surface area contributed by atoms with Crippen LogP contribution in [0.4, 0.5) is 0 Å². The molecule has 0 saturated carbocycles. The van der Waals surface area contributed by atoms with Crippen LogP contribution in [0.3, 0.4) is 0 Å². The number of likely N-dealkylation sites (N-methyl/N-ethyl adjacent to an activating group) is 1. The zero-order chi connectivity index (χ0) is 15.7. The smallest absolute Gasteiger partial charge is 0.258 e. The van der Waals surface area contributed by atoms with Crippen molar-refractivity contribution in [2.75, 3.05) is 7.05 Å². The Hall–Kier alpha value is -2.46. The second-order valence-corrected chi connectivity index (χ2v) is 5.51. The first-order valence-electron chi connectivity index (χ1n) is 7.20. The molecular weight excluding hydrogens is 278 g/mol. The average molecular weight is 295 g/mol. The maximum atomic E-state index is 12.7. The second kappa shape index (κ2) is 5.73. The van der Waals surface area contributed by atoms with E-state index in [2.05, 4.69) is 0 Å². The summed E-state index contributed by atoms with van der Waals surface area (Å²) >= 11 is 0. The lowest BCUT2D eigenvalue weighted by Gasteiger charge is -2.38. The summed E-state index contributed by atoms with van der Waals surface area (Å²) in [6.07, 6.45) is -1.23. The zero-order valence-corrected chi connectivity index (χ0v) is 12.2. The molecule has 1 N–H and O–H groups in total. The highest BCUT2D eigenvalue weighted by Gasteiger charge is 2.47. The van der Waals surface area contributed by atoms with E-state index < -0.39 is 23.8 Å². The van der Waals surface area contributed by atoms with Gasteiger partial charge >= 0.3 is 0 Å². The fraction of sp³-hybridized carbons (Fsp3) is 0.222. The van der Waals surface area contributed by atoms with Gasteiger partial charge in [0, 0.05) is 13.0 Å². The first kappa shape index (κ1) is 14.5. The molecular formula is C18H17NO3. The van der Waals surface area contributed by atoms with Crippen LogP contribution >= 0.6 is 0 Å². The van der Waals surface area contributed by atoms with Gasteiger partial charge in [-0.1, -0.05) is 60.7 Å². The Balaban J connectivity index is 2.13. The molecule has 0 spiro atoms. The SMILES string of the molecule is CN1C(=O)C(O)C(c2ccccc2)C(c2ccccc2)C1=O. The number of aliphatic hydroxyl groups excluding tert-OH is 1. The quantitative estimate of drug-likeness (QED) is 0.861. The summed E-state index contributed by atoms with van der Waals surface area (Å²) in [6, 6.07) is 18.5. The minimum atomic E-state index is -1.23. The van der Waals surface area contributed by atoms with E-state index in [1.165, 1.54) is 7.05 Å². The molecule has 4 nitrogen and oxygen atoms in total. The number of aliphatic hydroxyl groups is 1. The lowest BCUT2D eigenvalue weighted by molar-refractivity contribution is -0.157. The summed E-state index contributed by atoms with van der Waals surface area (Å²) in [5.74, 6) is -1.97. The summed E-state index contributed by atoms with van der Waals surface area (Å²) in [5.41, 5.74) is 1.60. The summed E-state index contributed by atoms with van der Waals surface area (Å²) in [5, 5.41) is 10.5. The van der Waals surface area contributed by atoms with Crippen molar-refractivity contribution in [3.63, 3.8) is 0 Å². The summed E-state index contributed by atoms with van der Waals surface area (Å²) in [4.78, 5) is 25.8. The molecule has 2 aromatic rings. The number of benzene rings is 2. The fourth-order valence-corrected chi connectivity index (χ4v) is 3.07. The number of likely N-dealkylation sites (tertiary alicyclic amines) is 1. The highest BCUT2D eigenvalue weighted by atomic mass is 16.3. The van der Waals surface area contributed by atoms with Crippen molar-refractivity contribution in [2.24, 2.45) is 0 Å². The molecule has 1 fully saturated rings. The van der Waals surface area contributed by atoms with Crippen molar-refractivity contribution in [2.45, 2.75) is 17.9 Å². The van der Waals surface area contributed by atoms with Crippen LogP contribution in [-0.2, 0) is 9.59 Å². The molecule has 2 amide bonds. The predicted octanol–water partition coefficient (Wildman–Crippen LogP) is 1.91. The topological polar surface area (TPSA) is 57.6 Å². The molecule has 1 saturated heterocycles. The lowest BCUT2D eigenvalue weighted by atomic mass is 9.74. The van der Waals surface area contributed by atoms with E-state index in [-0.39, 0.29) is 5.91 Å². The summed E-state index contributed by atoms with van der Waals surface area (Å²) in [7, 11) is 1.42. The largest absolute Gasteiger partial charge is 0.383 e. The minimum Gasteiger partial charge on any atom is -0.383 e. The molecule has 4 heteroatoms. The molecule has 1 heterocycles. The minimum absolute atomic E-state index is 0.282. The molecule has 2 aromatic carbocycles. The molecule has 0 aliphatic carbocycles. The third-order valence-electron chi connectivity index (χ3n) is 4.22. The van der Waals surface area contributed by atoms with Crippen LogP contribution in [0.2, 0.25) is 0 Å². The number of nitrogens with zero attached hydrogens (tertiary/aromatic N) is 1. The number of imide groups is 1. The van der Waals surface area contributed by atoms with Gasteiger partial charge in [-0.15, -0.1) is 0 Å². The van der Waals surface area contributed by atoms with Crippen LogP contribution in [0.5, 0.6) is 0 Å². The third-order valence-corrected chi connectivity index (χ3v) is 4.22. The number of amides is 2. The van der Waals surface area contributed by atoms with Crippen LogP contribution < -0.4 is 0 Å². The molecule has 1 aliphatic rings. The van der Waals surface area contributed by atoms with E-state index in [1.807, 2.05) is 60.7 Å². The van der Waals surface area contributed by atoms with Crippen LogP contribution in [-0.4, -0.2) is 35.0 Å². The van der Waals surface area contributed by atoms with E-state index in [0.29, 0.717) is 0 Å². The van der Waals surface area contributed by atoms with Crippen LogP contribution in [0.1, 0.15) is 23.0 Å². The Morgan fingerprint density at radius 3 is 1.86 bits per heavy atom. The van der Waals surface area contributed by atoms with Crippen LogP contribution in [0.25, 0.3) is 0 Å². The molecule has 3 unspecified atom stereocenters. The Bertz CT molecular complexity index is 684. The van der Waals surface area contributed by atoms with Crippen molar-refractivity contribution in [1.29, 1.82) is 0 Å². The number of carbonyl (C=O) groups excluding carboxylic acids is 2. The van der Waals surface area contributed by atoms with Crippen molar-refractivity contribution in [1.82, 2.24) is 4.90 Å². The van der Waals surface area contributed by atoms with Crippen molar-refractivity contribution < 1.29 is 14.7 Å². The number of rotatable bonds is 2. The highest BCUT2D eigenvalue weighted by molar-refractivity contribution is 6.04. The summed E-state index contributed by atoms with van der Waals surface area (Å²) < 4.78 is 0. The van der Waals surface area contributed by atoms with E-state index in [0.717, 1.165) is 16.0 Å². The van der Waals surface area contributed by atoms with Gasteiger partial charge in [-0.25, -0.2) is 0 Å². The second-order valence-electron chi connectivity index (χ2n) is 5.51. The fourth-order valence-electron chi connectivity index (χ4n) is 3.07. The standard InChI is InChI=1S/C18H17NO3/c1-19-17(21)15(13-10-6-3-7-11-13)14(16(20)18(19)22)12-8-4-2-5-9-12/h2-11,14-16,20H,1H3. The maximum Gasteiger partial charge on any atom is 0.258 e. The van der Waals surface area contributed by atoms with Gasteiger partial charge in [0.2, 0.25) is 5.91 Å². The van der Waals surface area contributed by atoms with E-state index in [9.17, 15) is 14.7 Å². The molecule has 0 radical (unpaired) electrons. The number of hydrogen-bond donors (Lipinski definition) is 1. The number of hydrogen-bond acceptors (Lipinski definition) is 3. The Morgan fingerprint density at radius 1 is 0.818 bits per heavy atom. The lowest BCUT2D eigenvalue weighted by Crippen LogP contribution is -2.53. The normalized spacial score (nSPS) is 25.4. The molecule has 1 aliphatic heterocycles. The van der Waals surface area contributed by atoms with Crippen molar-refractivity contribution in [3.05, 3.63) is 71.8 Å². The van der Waals surface area contributed by atoms with Crippen molar-refractivity contribution >= 4 is 11.8 Å². The first-order chi connectivity index (χ1) is 10.6. The van der Waals surface area contributed by atoms with Gasteiger partial charge in [0.25, 0.3) is 5.91 Å². The van der Waals surface area contributed by atoms with Gasteiger partial charge in [-0.3, -0.25) is 14.5 Å². The monoisotopic (exact) mass is 295 g/mol. The van der Waals surface area contributed by atoms with E-state index in [4.69, 9.17) is 0 Å². The predicted molar refractivity (Wildman–Crippen MR) is 82.1 cm³/mol. The number of carbonyl (C=O) groups is 2. The third kappa shape index (κ3) is 2.31. The number of piperidine rings is 1. The maximum absolute atomic E-state index is 12.7. The molecule has 0 aromatic heterocycles. The highest BCUT2D eigenvalue weighted by Crippen LogP contribution is 2.40. The molecule has 0 bridgehead atoms. The summed E-state index contributed by atoms with van der Waals surface area (Å²) in [6.45, 7) is 0.